The van der Waals surface area contributed by atoms with Crippen molar-refractivity contribution in [2.75, 3.05) is 0 Å². The number of halogens is 2. The molecule has 0 saturated carbocycles. The fraction of sp³-hybridized carbons (Fsp3) is 0. The molecule has 51 valence electrons. The first-order chi connectivity index (χ1) is 3.80. The van der Waals surface area contributed by atoms with Gasteiger partial charge in [-0.3, -0.25) is 4.39 Å². The van der Waals surface area contributed by atoms with E-state index in [4.69, 9.17) is 0 Å². The van der Waals surface area contributed by atoms with Crippen molar-refractivity contribution < 1.29 is 28.9 Å². The quantitative estimate of drug-likeness (QED) is 0.641. The van der Waals surface area contributed by atoms with Crippen molar-refractivity contribution in [1.82, 2.24) is 0 Å². The minimum absolute atomic E-state index is 0. The van der Waals surface area contributed by atoms with Crippen molar-refractivity contribution in [2.24, 2.45) is 0 Å². The molecule has 0 bridgehead atoms. The smallest absolute Gasteiger partial charge is 0.0451 e. The van der Waals surface area contributed by atoms with E-state index < -0.39 is 11.6 Å². The minimum atomic E-state index is -0.924. The molecule has 1 radical (unpaired) electrons. The molecule has 0 heterocycles. The SMILES string of the molecule is Fc1[c-]cccc1F.[Ir]. The van der Waals surface area contributed by atoms with Crippen LogP contribution in [0, 0.1) is 17.7 Å². The molecule has 0 aliphatic carbocycles. The first kappa shape index (κ1) is 8.73. The van der Waals surface area contributed by atoms with E-state index in [0.29, 0.717) is 0 Å². The van der Waals surface area contributed by atoms with Gasteiger partial charge in [-0.05, 0) is 0 Å². The average molecular weight is 305 g/mol. The Morgan fingerprint density at radius 1 is 1.33 bits per heavy atom. The Kier molecular flexibility index (Phi) is 3.59. The molecule has 0 aliphatic rings. The molecule has 1 aromatic carbocycles. The van der Waals surface area contributed by atoms with Crippen LogP contribution in [0.5, 0.6) is 0 Å². The van der Waals surface area contributed by atoms with Crippen molar-refractivity contribution in [3.63, 3.8) is 0 Å². The van der Waals surface area contributed by atoms with Crippen molar-refractivity contribution in [3.05, 3.63) is 35.9 Å². The molecule has 1 rings (SSSR count). The van der Waals surface area contributed by atoms with Gasteiger partial charge < -0.3 is 0 Å². The summed E-state index contributed by atoms with van der Waals surface area (Å²) in [6.07, 6.45) is 0. The summed E-state index contributed by atoms with van der Waals surface area (Å²) in [5, 5.41) is 0. The van der Waals surface area contributed by atoms with Crippen LogP contribution >= 0.6 is 0 Å². The molecule has 0 atom stereocenters. The zero-order valence-corrected chi connectivity index (χ0v) is 6.72. The predicted octanol–water partition coefficient (Wildman–Crippen LogP) is 1.76. The first-order valence-corrected chi connectivity index (χ1v) is 2.12. The fourth-order valence-electron chi connectivity index (χ4n) is 0.396. The normalized spacial score (nSPS) is 8.22. The molecule has 0 aromatic heterocycles. The van der Waals surface area contributed by atoms with Gasteiger partial charge in [0.2, 0.25) is 0 Å². The third-order valence-electron chi connectivity index (χ3n) is 0.759. The van der Waals surface area contributed by atoms with Crippen LogP contribution in [-0.4, -0.2) is 0 Å². The maximum atomic E-state index is 11.9. The van der Waals surface area contributed by atoms with Crippen LogP contribution in [0.2, 0.25) is 0 Å². The molecule has 0 unspecified atom stereocenters. The third-order valence-corrected chi connectivity index (χ3v) is 0.759. The Balaban J connectivity index is 0.000000640. The molecule has 0 spiro atoms. The van der Waals surface area contributed by atoms with Gasteiger partial charge in [0, 0.05) is 31.7 Å². The average Bonchev–Trinajstić information content (AvgIpc) is 1.77. The van der Waals surface area contributed by atoms with Crippen LogP contribution in [0.1, 0.15) is 0 Å². The van der Waals surface area contributed by atoms with Crippen molar-refractivity contribution >= 4 is 0 Å². The Morgan fingerprint density at radius 3 is 2.33 bits per heavy atom. The topological polar surface area (TPSA) is 0 Å². The summed E-state index contributed by atoms with van der Waals surface area (Å²) in [5.41, 5.74) is 0. The van der Waals surface area contributed by atoms with E-state index in [2.05, 4.69) is 6.07 Å². The number of benzene rings is 1. The fourth-order valence-corrected chi connectivity index (χ4v) is 0.396. The van der Waals surface area contributed by atoms with Gasteiger partial charge in [-0.15, -0.1) is 12.1 Å². The summed E-state index contributed by atoms with van der Waals surface area (Å²) in [7, 11) is 0. The molecular formula is C6H3F2Ir-. The number of hydrogen-bond donors (Lipinski definition) is 0. The molecule has 0 aliphatic heterocycles. The van der Waals surface area contributed by atoms with Crippen molar-refractivity contribution in [3.8, 4) is 0 Å². The summed E-state index contributed by atoms with van der Waals surface area (Å²) in [6.45, 7) is 0. The summed E-state index contributed by atoms with van der Waals surface area (Å²) < 4.78 is 23.8. The van der Waals surface area contributed by atoms with Crippen LogP contribution in [0.4, 0.5) is 8.78 Å². The van der Waals surface area contributed by atoms with Crippen molar-refractivity contribution in [2.45, 2.75) is 0 Å². The van der Waals surface area contributed by atoms with E-state index in [0.717, 1.165) is 6.07 Å². The Bertz CT molecular complexity index is 167. The van der Waals surface area contributed by atoms with Gasteiger partial charge in [-0.2, -0.15) is 12.1 Å². The number of rotatable bonds is 0. The second kappa shape index (κ2) is 3.70. The molecule has 0 saturated heterocycles. The van der Waals surface area contributed by atoms with E-state index in [1.165, 1.54) is 12.1 Å². The Hall–Kier alpha value is -0.271. The molecule has 0 N–H and O–H groups in total. The van der Waals surface area contributed by atoms with E-state index in [-0.39, 0.29) is 20.1 Å². The maximum Gasteiger partial charge on any atom is 0.0451 e. The standard InChI is InChI=1S/C6H3F2.Ir/c7-5-3-1-2-4-6(5)8;/h1-3H;/q-1;. The molecule has 0 amide bonds. The van der Waals surface area contributed by atoms with E-state index in [9.17, 15) is 8.78 Å². The minimum Gasteiger partial charge on any atom is -0.281 e. The van der Waals surface area contributed by atoms with Crippen LogP contribution in [0.25, 0.3) is 0 Å². The van der Waals surface area contributed by atoms with Gasteiger partial charge in [0.05, 0.1) is 0 Å². The number of hydrogen-bond acceptors (Lipinski definition) is 0. The Morgan fingerprint density at radius 2 is 2.00 bits per heavy atom. The molecule has 3 heteroatoms. The van der Waals surface area contributed by atoms with Gasteiger partial charge in [0.25, 0.3) is 0 Å². The zero-order valence-electron chi connectivity index (χ0n) is 4.32. The van der Waals surface area contributed by atoms with Crippen LogP contribution in [0.15, 0.2) is 18.2 Å². The summed E-state index contributed by atoms with van der Waals surface area (Å²) >= 11 is 0. The van der Waals surface area contributed by atoms with Crippen LogP contribution in [-0.2, 0) is 20.1 Å². The second-order valence-electron chi connectivity index (χ2n) is 1.33. The van der Waals surface area contributed by atoms with E-state index >= 15 is 0 Å². The monoisotopic (exact) mass is 306 g/mol. The van der Waals surface area contributed by atoms with Gasteiger partial charge in [-0.1, -0.05) is 0 Å². The van der Waals surface area contributed by atoms with E-state index in [1.54, 1.807) is 0 Å². The van der Waals surface area contributed by atoms with Gasteiger partial charge >= 0.3 is 0 Å². The first-order valence-electron chi connectivity index (χ1n) is 2.12. The van der Waals surface area contributed by atoms with E-state index in [1.807, 2.05) is 0 Å². The predicted molar refractivity (Wildman–Crippen MR) is 25.2 cm³/mol. The zero-order chi connectivity index (χ0) is 5.98. The van der Waals surface area contributed by atoms with Gasteiger partial charge in [-0.25, -0.2) is 4.39 Å². The summed E-state index contributed by atoms with van der Waals surface area (Å²) in [6, 6.07) is 5.81. The molecule has 0 nitrogen and oxygen atoms in total. The van der Waals surface area contributed by atoms with Gasteiger partial charge in [0.15, 0.2) is 0 Å². The molecule has 0 fully saturated rings. The molecule has 9 heavy (non-hydrogen) atoms. The van der Waals surface area contributed by atoms with Crippen LogP contribution in [0.3, 0.4) is 0 Å². The van der Waals surface area contributed by atoms with Crippen LogP contribution < -0.4 is 0 Å². The molecule has 1 aromatic rings. The summed E-state index contributed by atoms with van der Waals surface area (Å²) in [5.74, 6) is -1.78. The van der Waals surface area contributed by atoms with Crippen molar-refractivity contribution in [1.29, 1.82) is 0 Å². The Labute approximate surface area is 65.2 Å². The second-order valence-corrected chi connectivity index (χ2v) is 1.33. The van der Waals surface area contributed by atoms with Gasteiger partial charge in [0.1, 0.15) is 0 Å². The maximum absolute atomic E-state index is 11.9. The third kappa shape index (κ3) is 2.20. The molecular weight excluding hydrogens is 302 g/mol. The summed E-state index contributed by atoms with van der Waals surface area (Å²) in [4.78, 5) is 0. The largest absolute Gasteiger partial charge is 0.281 e.